The van der Waals surface area contributed by atoms with Crippen molar-refractivity contribution in [3.05, 3.63) is 48.0 Å². The minimum atomic E-state index is 0.409. The van der Waals surface area contributed by atoms with Gasteiger partial charge in [-0.1, -0.05) is 23.4 Å². The molecular formula is C16H16N4O. The van der Waals surface area contributed by atoms with Crippen LogP contribution in [0.5, 0.6) is 0 Å². The summed E-state index contributed by atoms with van der Waals surface area (Å²) in [6.07, 6.45) is 1.33. The number of aldehydes is 1. The molecule has 3 rings (SSSR count). The molecule has 0 amide bonds. The molecule has 2 aromatic carbocycles. The smallest absolute Gasteiger partial charge is 0.124 e. The molecule has 0 bridgehead atoms. The Kier molecular flexibility index (Phi) is 3.39. The van der Waals surface area contributed by atoms with Crippen LogP contribution in [0.2, 0.25) is 0 Å². The van der Waals surface area contributed by atoms with Gasteiger partial charge in [0.15, 0.2) is 0 Å². The molecule has 0 unspecified atom stereocenters. The molecule has 0 aliphatic rings. The van der Waals surface area contributed by atoms with Crippen molar-refractivity contribution in [3.63, 3.8) is 0 Å². The fraction of sp³-hybridized carbons (Fsp3) is 0.188. The average molecular weight is 280 g/mol. The first-order valence-electron chi connectivity index (χ1n) is 6.75. The number of carbonyl (C=O) groups excluding carboxylic acids is 1. The molecule has 0 aliphatic carbocycles. The number of fused-ring (bicyclic) bond motifs is 1. The quantitative estimate of drug-likeness (QED) is 0.688. The Hall–Kier alpha value is -2.69. The Morgan fingerprint density at radius 3 is 2.76 bits per heavy atom. The molecule has 3 aromatic rings. The second-order valence-electron chi connectivity index (χ2n) is 5.07. The van der Waals surface area contributed by atoms with Crippen molar-refractivity contribution in [2.45, 2.75) is 6.42 Å². The molecule has 0 N–H and O–H groups in total. The summed E-state index contributed by atoms with van der Waals surface area (Å²) in [6, 6.07) is 13.8. The van der Waals surface area contributed by atoms with E-state index in [2.05, 4.69) is 10.3 Å². The third-order valence-corrected chi connectivity index (χ3v) is 3.45. The topological polar surface area (TPSA) is 51.0 Å². The van der Waals surface area contributed by atoms with E-state index in [1.54, 1.807) is 0 Å². The zero-order chi connectivity index (χ0) is 14.8. The van der Waals surface area contributed by atoms with E-state index in [0.717, 1.165) is 34.3 Å². The SMILES string of the molecule is CN(C)c1cc(-n2nnc3ccccc32)ccc1CC=O. The van der Waals surface area contributed by atoms with E-state index in [0.29, 0.717) is 6.42 Å². The van der Waals surface area contributed by atoms with Crippen LogP contribution >= 0.6 is 0 Å². The van der Waals surface area contributed by atoms with Crippen LogP contribution < -0.4 is 4.90 Å². The summed E-state index contributed by atoms with van der Waals surface area (Å²) in [5.74, 6) is 0. The van der Waals surface area contributed by atoms with Crippen LogP contribution in [-0.4, -0.2) is 35.4 Å². The third-order valence-electron chi connectivity index (χ3n) is 3.45. The van der Waals surface area contributed by atoms with Gasteiger partial charge in [-0.05, 0) is 29.8 Å². The summed E-state index contributed by atoms with van der Waals surface area (Å²) in [4.78, 5) is 12.8. The minimum Gasteiger partial charge on any atom is -0.377 e. The lowest BCUT2D eigenvalue weighted by Crippen LogP contribution is -2.12. The Morgan fingerprint density at radius 1 is 1.19 bits per heavy atom. The van der Waals surface area contributed by atoms with Crippen LogP contribution in [0.25, 0.3) is 16.7 Å². The van der Waals surface area contributed by atoms with Crippen molar-refractivity contribution < 1.29 is 4.79 Å². The van der Waals surface area contributed by atoms with Gasteiger partial charge in [-0.25, -0.2) is 4.68 Å². The second-order valence-corrected chi connectivity index (χ2v) is 5.07. The molecule has 5 nitrogen and oxygen atoms in total. The van der Waals surface area contributed by atoms with Gasteiger partial charge >= 0.3 is 0 Å². The fourth-order valence-electron chi connectivity index (χ4n) is 2.42. The van der Waals surface area contributed by atoms with Crippen LogP contribution in [0.4, 0.5) is 5.69 Å². The summed E-state index contributed by atoms with van der Waals surface area (Å²) in [5.41, 5.74) is 4.77. The number of carbonyl (C=O) groups is 1. The maximum Gasteiger partial charge on any atom is 0.124 e. The lowest BCUT2D eigenvalue weighted by atomic mass is 10.1. The van der Waals surface area contributed by atoms with E-state index in [-0.39, 0.29) is 0 Å². The van der Waals surface area contributed by atoms with Gasteiger partial charge in [-0.3, -0.25) is 0 Å². The van der Waals surface area contributed by atoms with E-state index < -0.39 is 0 Å². The van der Waals surface area contributed by atoms with Crippen molar-refractivity contribution in [3.8, 4) is 5.69 Å². The zero-order valence-electron chi connectivity index (χ0n) is 12.0. The molecule has 5 heteroatoms. The largest absolute Gasteiger partial charge is 0.377 e. The summed E-state index contributed by atoms with van der Waals surface area (Å²) >= 11 is 0. The van der Waals surface area contributed by atoms with Gasteiger partial charge in [0.25, 0.3) is 0 Å². The first-order chi connectivity index (χ1) is 10.2. The second kappa shape index (κ2) is 5.36. The van der Waals surface area contributed by atoms with Gasteiger partial charge < -0.3 is 9.69 Å². The Balaban J connectivity index is 2.14. The van der Waals surface area contributed by atoms with Crippen molar-refractivity contribution >= 4 is 23.0 Å². The molecule has 0 saturated heterocycles. The summed E-state index contributed by atoms with van der Waals surface area (Å²) in [7, 11) is 3.93. The summed E-state index contributed by atoms with van der Waals surface area (Å²) in [6.45, 7) is 0. The lowest BCUT2D eigenvalue weighted by molar-refractivity contribution is -0.107. The number of rotatable bonds is 4. The monoisotopic (exact) mass is 280 g/mol. The molecule has 1 heterocycles. The summed E-state index contributed by atoms with van der Waals surface area (Å²) < 4.78 is 1.81. The van der Waals surface area contributed by atoms with Crippen molar-refractivity contribution in [1.29, 1.82) is 0 Å². The molecule has 0 atom stereocenters. The summed E-state index contributed by atoms with van der Waals surface area (Å²) in [5, 5.41) is 8.39. The zero-order valence-corrected chi connectivity index (χ0v) is 12.0. The Labute approximate surface area is 122 Å². The molecule has 0 radical (unpaired) electrons. The van der Waals surface area contributed by atoms with Crippen molar-refractivity contribution in [1.82, 2.24) is 15.0 Å². The maximum atomic E-state index is 10.8. The number of anilines is 1. The van der Waals surface area contributed by atoms with Gasteiger partial charge in [0.05, 0.1) is 11.2 Å². The van der Waals surface area contributed by atoms with Crippen LogP contribution in [0.15, 0.2) is 42.5 Å². The van der Waals surface area contributed by atoms with Crippen LogP contribution in [0.1, 0.15) is 5.56 Å². The minimum absolute atomic E-state index is 0.409. The maximum absolute atomic E-state index is 10.8. The standard InChI is InChI=1S/C16H16N4O/c1-19(2)16-11-13(8-7-12(16)9-10-21)20-15-6-4-3-5-14(15)17-18-20/h3-8,10-11H,9H2,1-2H3. The molecule has 0 saturated carbocycles. The van der Waals surface area contributed by atoms with Gasteiger partial charge in [-0.15, -0.1) is 5.10 Å². The number of hydrogen-bond acceptors (Lipinski definition) is 4. The van der Waals surface area contributed by atoms with Crippen LogP contribution in [0, 0.1) is 0 Å². The van der Waals surface area contributed by atoms with Crippen molar-refractivity contribution in [2.24, 2.45) is 0 Å². The highest BCUT2D eigenvalue weighted by Gasteiger charge is 2.10. The highest BCUT2D eigenvalue weighted by molar-refractivity contribution is 5.76. The molecule has 0 spiro atoms. The van der Waals surface area contributed by atoms with Gasteiger partial charge in [0, 0.05) is 26.2 Å². The van der Waals surface area contributed by atoms with E-state index in [1.165, 1.54) is 0 Å². The fourth-order valence-corrected chi connectivity index (χ4v) is 2.42. The number of aromatic nitrogens is 3. The molecule has 106 valence electrons. The highest BCUT2D eigenvalue weighted by Crippen LogP contribution is 2.24. The Bertz CT molecular complexity index is 792. The van der Waals surface area contributed by atoms with Crippen LogP contribution in [-0.2, 0) is 11.2 Å². The highest BCUT2D eigenvalue weighted by atomic mass is 16.1. The van der Waals surface area contributed by atoms with Gasteiger partial charge in [0.2, 0.25) is 0 Å². The number of benzene rings is 2. The molecule has 1 aromatic heterocycles. The van der Waals surface area contributed by atoms with E-state index in [1.807, 2.05) is 66.1 Å². The van der Waals surface area contributed by atoms with Gasteiger partial charge in [0.1, 0.15) is 11.8 Å². The van der Waals surface area contributed by atoms with E-state index in [9.17, 15) is 4.79 Å². The van der Waals surface area contributed by atoms with Gasteiger partial charge in [-0.2, -0.15) is 0 Å². The first-order valence-corrected chi connectivity index (χ1v) is 6.75. The first kappa shape index (κ1) is 13.3. The number of nitrogens with zero attached hydrogens (tertiary/aromatic N) is 4. The molecule has 21 heavy (non-hydrogen) atoms. The van der Waals surface area contributed by atoms with Crippen LogP contribution in [0.3, 0.4) is 0 Å². The molecular weight excluding hydrogens is 264 g/mol. The molecule has 0 fully saturated rings. The third kappa shape index (κ3) is 2.38. The average Bonchev–Trinajstić information content (AvgIpc) is 2.92. The van der Waals surface area contributed by atoms with E-state index in [4.69, 9.17) is 0 Å². The van der Waals surface area contributed by atoms with E-state index >= 15 is 0 Å². The Morgan fingerprint density at radius 2 is 2.00 bits per heavy atom. The number of hydrogen-bond donors (Lipinski definition) is 0. The lowest BCUT2D eigenvalue weighted by Gasteiger charge is -2.18. The normalized spacial score (nSPS) is 10.8. The number of para-hydroxylation sites is 1. The predicted octanol–water partition coefficient (Wildman–Crippen LogP) is 2.23. The van der Waals surface area contributed by atoms with Crippen molar-refractivity contribution in [2.75, 3.05) is 19.0 Å². The molecule has 0 aliphatic heterocycles. The predicted molar refractivity (Wildman–Crippen MR) is 83.0 cm³/mol.